The van der Waals surface area contributed by atoms with Crippen LogP contribution < -0.4 is 5.32 Å². The number of hydrogen-bond donors (Lipinski definition) is 1. The van der Waals surface area contributed by atoms with Crippen molar-refractivity contribution in [2.45, 2.75) is 11.8 Å². The Bertz CT molecular complexity index is 572. The molecule has 19 heavy (non-hydrogen) atoms. The number of amides is 1. The Morgan fingerprint density at radius 3 is 2.63 bits per heavy atom. The third kappa shape index (κ3) is 4.30. The van der Waals surface area contributed by atoms with E-state index in [2.05, 4.69) is 5.32 Å². The maximum absolute atomic E-state index is 11.9. The van der Waals surface area contributed by atoms with Gasteiger partial charge in [-0.2, -0.15) is 0 Å². The summed E-state index contributed by atoms with van der Waals surface area (Å²) in [4.78, 5) is 12.9. The molecule has 0 atom stereocenters. The number of rotatable bonds is 4. The van der Waals surface area contributed by atoms with Crippen molar-refractivity contribution in [3.8, 4) is 0 Å². The van der Waals surface area contributed by atoms with Crippen LogP contribution in [0.15, 0.2) is 53.4 Å². The molecular formula is C15H14ClNOS. The van der Waals surface area contributed by atoms with Crippen molar-refractivity contribution in [2.75, 3.05) is 11.1 Å². The summed E-state index contributed by atoms with van der Waals surface area (Å²) in [7, 11) is 0. The molecule has 0 aromatic heterocycles. The first-order valence-corrected chi connectivity index (χ1v) is 7.25. The first-order valence-electron chi connectivity index (χ1n) is 5.89. The molecule has 0 aliphatic heterocycles. The summed E-state index contributed by atoms with van der Waals surface area (Å²) in [5, 5.41) is 3.56. The average Bonchev–Trinajstić information content (AvgIpc) is 2.41. The second-order valence-corrected chi connectivity index (χ2v) is 5.59. The second-order valence-electron chi connectivity index (χ2n) is 4.11. The number of nitrogens with one attached hydrogen (secondary N) is 1. The van der Waals surface area contributed by atoms with E-state index in [1.807, 2.05) is 49.4 Å². The van der Waals surface area contributed by atoms with Crippen LogP contribution in [0.25, 0.3) is 0 Å². The molecule has 4 heteroatoms. The molecule has 0 fully saturated rings. The van der Waals surface area contributed by atoms with Gasteiger partial charge in [0.15, 0.2) is 0 Å². The molecular weight excluding hydrogens is 278 g/mol. The van der Waals surface area contributed by atoms with Gasteiger partial charge in [-0.25, -0.2) is 0 Å². The molecule has 2 nitrogen and oxygen atoms in total. The molecule has 0 aliphatic rings. The normalized spacial score (nSPS) is 10.2. The Morgan fingerprint density at radius 2 is 1.95 bits per heavy atom. The van der Waals surface area contributed by atoms with Crippen molar-refractivity contribution in [2.24, 2.45) is 0 Å². The molecule has 0 radical (unpaired) electrons. The van der Waals surface area contributed by atoms with Crippen LogP contribution in [0.1, 0.15) is 5.56 Å². The highest BCUT2D eigenvalue weighted by Crippen LogP contribution is 2.21. The summed E-state index contributed by atoms with van der Waals surface area (Å²) < 4.78 is 0. The standard InChI is InChI=1S/C15H14ClNOS/c1-11-9-12(16)7-8-14(11)17-15(18)10-19-13-5-3-2-4-6-13/h2-9H,10H2,1H3,(H,17,18). The Kier molecular flexibility index (Phi) is 4.88. The predicted molar refractivity (Wildman–Crippen MR) is 82.0 cm³/mol. The molecule has 0 saturated heterocycles. The monoisotopic (exact) mass is 291 g/mol. The molecule has 0 bridgehead atoms. The first kappa shape index (κ1) is 14.0. The maximum atomic E-state index is 11.9. The summed E-state index contributed by atoms with van der Waals surface area (Å²) in [5.41, 5.74) is 1.77. The maximum Gasteiger partial charge on any atom is 0.234 e. The molecule has 0 saturated carbocycles. The van der Waals surface area contributed by atoms with E-state index < -0.39 is 0 Å². The van der Waals surface area contributed by atoms with Crippen LogP contribution in [-0.4, -0.2) is 11.7 Å². The second kappa shape index (κ2) is 6.64. The molecule has 2 rings (SSSR count). The van der Waals surface area contributed by atoms with Crippen LogP contribution in [0.2, 0.25) is 5.02 Å². The van der Waals surface area contributed by atoms with E-state index in [1.54, 1.807) is 6.07 Å². The SMILES string of the molecule is Cc1cc(Cl)ccc1NC(=O)CSc1ccccc1. The van der Waals surface area contributed by atoms with Crippen molar-refractivity contribution in [1.82, 2.24) is 0 Å². The van der Waals surface area contributed by atoms with Gasteiger partial charge in [0.05, 0.1) is 5.75 Å². The Morgan fingerprint density at radius 1 is 1.21 bits per heavy atom. The molecule has 2 aromatic carbocycles. The highest BCUT2D eigenvalue weighted by atomic mass is 35.5. The third-order valence-corrected chi connectivity index (χ3v) is 3.82. The summed E-state index contributed by atoms with van der Waals surface area (Å²) >= 11 is 7.40. The van der Waals surface area contributed by atoms with E-state index in [0.717, 1.165) is 16.1 Å². The minimum atomic E-state index is -0.0146. The fourth-order valence-corrected chi connectivity index (χ4v) is 2.57. The summed E-state index contributed by atoms with van der Waals surface area (Å²) in [6.07, 6.45) is 0. The third-order valence-electron chi connectivity index (χ3n) is 2.58. The number of aryl methyl sites for hydroxylation is 1. The summed E-state index contributed by atoms with van der Waals surface area (Å²) in [6.45, 7) is 1.92. The minimum absolute atomic E-state index is 0.0146. The zero-order valence-electron chi connectivity index (χ0n) is 10.5. The van der Waals surface area contributed by atoms with E-state index in [-0.39, 0.29) is 5.91 Å². The van der Waals surface area contributed by atoms with Crippen molar-refractivity contribution in [3.05, 3.63) is 59.1 Å². The van der Waals surface area contributed by atoms with Crippen molar-refractivity contribution < 1.29 is 4.79 Å². The molecule has 1 N–H and O–H groups in total. The van der Waals surface area contributed by atoms with E-state index >= 15 is 0 Å². The van der Waals surface area contributed by atoms with Crippen LogP contribution in [-0.2, 0) is 4.79 Å². The average molecular weight is 292 g/mol. The van der Waals surface area contributed by atoms with Gasteiger partial charge in [0.25, 0.3) is 0 Å². The number of thioether (sulfide) groups is 1. The molecule has 0 unspecified atom stereocenters. The first-order chi connectivity index (χ1) is 9.15. The molecule has 2 aromatic rings. The Balaban J connectivity index is 1.91. The number of benzene rings is 2. The molecule has 1 amide bonds. The van der Waals surface area contributed by atoms with Gasteiger partial charge in [-0.3, -0.25) is 4.79 Å². The number of hydrogen-bond acceptors (Lipinski definition) is 2. The van der Waals surface area contributed by atoms with Crippen molar-refractivity contribution in [3.63, 3.8) is 0 Å². The van der Waals surface area contributed by atoms with Crippen LogP contribution in [0.4, 0.5) is 5.69 Å². The van der Waals surface area contributed by atoms with Crippen molar-refractivity contribution >= 4 is 35.0 Å². The Labute approximate surface area is 122 Å². The lowest BCUT2D eigenvalue weighted by Crippen LogP contribution is -2.14. The smallest absolute Gasteiger partial charge is 0.234 e. The summed E-state index contributed by atoms with van der Waals surface area (Å²) in [6, 6.07) is 15.3. The fraction of sp³-hybridized carbons (Fsp3) is 0.133. The highest BCUT2D eigenvalue weighted by molar-refractivity contribution is 8.00. The molecule has 0 spiro atoms. The van der Waals surface area contributed by atoms with Gasteiger partial charge < -0.3 is 5.32 Å². The molecule has 98 valence electrons. The van der Waals surface area contributed by atoms with Gasteiger partial charge in [0, 0.05) is 15.6 Å². The predicted octanol–water partition coefficient (Wildman–Crippen LogP) is 4.38. The largest absolute Gasteiger partial charge is 0.325 e. The van der Waals surface area contributed by atoms with Crippen molar-refractivity contribution in [1.29, 1.82) is 0 Å². The number of carbonyl (C=O) groups is 1. The van der Waals surface area contributed by atoms with Crippen LogP contribution in [0.5, 0.6) is 0 Å². The van der Waals surface area contributed by atoms with Crippen LogP contribution >= 0.6 is 23.4 Å². The highest BCUT2D eigenvalue weighted by Gasteiger charge is 2.05. The zero-order chi connectivity index (χ0) is 13.7. The van der Waals surface area contributed by atoms with Gasteiger partial charge in [-0.05, 0) is 42.8 Å². The van der Waals surface area contributed by atoms with E-state index in [0.29, 0.717) is 10.8 Å². The number of carbonyl (C=O) groups excluding carboxylic acids is 1. The molecule has 0 aliphatic carbocycles. The van der Waals surface area contributed by atoms with Crippen LogP contribution in [0, 0.1) is 6.92 Å². The van der Waals surface area contributed by atoms with Gasteiger partial charge >= 0.3 is 0 Å². The topological polar surface area (TPSA) is 29.1 Å². The van der Waals surface area contributed by atoms with E-state index in [4.69, 9.17) is 11.6 Å². The lowest BCUT2D eigenvalue weighted by molar-refractivity contribution is -0.113. The quantitative estimate of drug-likeness (QED) is 0.847. The number of halogens is 1. The van der Waals surface area contributed by atoms with Gasteiger partial charge in [-0.1, -0.05) is 29.8 Å². The lowest BCUT2D eigenvalue weighted by atomic mass is 10.2. The zero-order valence-corrected chi connectivity index (χ0v) is 12.1. The van der Waals surface area contributed by atoms with Gasteiger partial charge in [0.2, 0.25) is 5.91 Å². The van der Waals surface area contributed by atoms with Gasteiger partial charge in [-0.15, -0.1) is 11.8 Å². The minimum Gasteiger partial charge on any atom is -0.325 e. The van der Waals surface area contributed by atoms with E-state index in [1.165, 1.54) is 11.8 Å². The number of anilines is 1. The fourth-order valence-electron chi connectivity index (χ4n) is 1.62. The Hall–Kier alpha value is -1.45. The molecule has 0 heterocycles. The van der Waals surface area contributed by atoms with E-state index in [9.17, 15) is 4.79 Å². The van der Waals surface area contributed by atoms with Gasteiger partial charge in [0.1, 0.15) is 0 Å². The summed E-state index contributed by atoms with van der Waals surface area (Å²) in [5.74, 6) is 0.380. The lowest BCUT2D eigenvalue weighted by Gasteiger charge is -2.08. The van der Waals surface area contributed by atoms with Crippen LogP contribution in [0.3, 0.4) is 0 Å².